The standard InChI is InChI=1S/C19H17F2N3O/c20-15-8-9-17(21)18(11-15)23-19(25)22-12-16-7-4-10-24(16)13-14-5-2-1-3-6-14/h1-11H,12-13H2,(H2,22,23,25). The van der Waals surface area contributed by atoms with Crippen LogP contribution in [-0.2, 0) is 13.1 Å². The Hall–Kier alpha value is -3.15. The Kier molecular flexibility index (Phi) is 5.09. The van der Waals surface area contributed by atoms with Crippen molar-refractivity contribution in [1.29, 1.82) is 0 Å². The van der Waals surface area contributed by atoms with Crippen LogP contribution >= 0.6 is 0 Å². The molecule has 0 fully saturated rings. The molecule has 2 N–H and O–H groups in total. The number of nitrogens with one attached hydrogen (secondary N) is 2. The number of urea groups is 1. The molecule has 2 aromatic carbocycles. The fraction of sp³-hybridized carbons (Fsp3) is 0.105. The van der Waals surface area contributed by atoms with Crippen molar-refractivity contribution < 1.29 is 13.6 Å². The zero-order valence-electron chi connectivity index (χ0n) is 13.4. The van der Waals surface area contributed by atoms with Crippen molar-refractivity contribution in [1.82, 2.24) is 9.88 Å². The van der Waals surface area contributed by atoms with Crippen molar-refractivity contribution in [2.24, 2.45) is 0 Å². The van der Waals surface area contributed by atoms with Crippen LogP contribution in [0, 0.1) is 11.6 Å². The van der Waals surface area contributed by atoms with Crippen LogP contribution in [-0.4, -0.2) is 10.6 Å². The first-order chi connectivity index (χ1) is 12.1. The molecule has 2 amide bonds. The van der Waals surface area contributed by atoms with Crippen LogP contribution in [0.3, 0.4) is 0 Å². The van der Waals surface area contributed by atoms with E-state index in [2.05, 4.69) is 10.6 Å². The van der Waals surface area contributed by atoms with Crippen molar-refractivity contribution >= 4 is 11.7 Å². The van der Waals surface area contributed by atoms with E-state index in [-0.39, 0.29) is 12.2 Å². The average molecular weight is 341 g/mol. The van der Waals surface area contributed by atoms with E-state index in [1.807, 2.05) is 53.2 Å². The highest BCUT2D eigenvalue weighted by Crippen LogP contribution is 2.15. The average Bonchev–Trinajstić information content (AvgIpc) is 3.04. The Labute approximate surface area is 144 Å². The number of aromatic nitrogens is 1. The summed E-state index contributed by atoms with van der Waals surface area (Å²) in [6, 6.07) is 16.0. The molecule has 1 aromatic heterocycles. The van der Waals surface area contributed by atoms with E-state index in [1.54, 1.807) is 0 Å². The van der Waals surface area contributed by atoms with Gasteiger partial charge in [0.15, 0.2) is 0 Å². The monoisotopic (exact) mass is 341 g/mol. The van der Waals surface area contributed by atoms with Crippen LogP contribution in [0.25, 0.3) is 0 Å². The Morgan fingerprint density at radius 2 is 1.80 bits per heavy atom. The molecule has 128 valence electrons. The highest BCUT2D eigenvalue weighted by molar-refractivity contribution is 5.89. The van der Waals surface area contributed by atoms with Gasteiger partial charge >= 0.3 is 6.03 Å². The van der Waals surface area contributed by atoms with E-state index < -0.39 is 17.7 Å². The second kappa shape index (κ2) is 7.61. The van der Waals surface area contributed by atoms with Gasteiger partial charge in [0.05, 0.1) is 12.2 Å². The lowest BCUT2D eigenvalue weighted by atomic mass is 10.2. The molecule has 3 aromatic rings. The van der Waals surface area contributed by atoms with E-state index >= 15 is 0 Å². The predicted molar refractivity (Wildman–Crippen MR) is 92.2 cm³/mol. The lowest BCUT2D eigenvalue weighted by molar-refractivity contribution is 0.251. The molecule has 0 spiro atoms. The number of carbonyl (C=O) groups is 1. The molecule has 0 aliphatic carbocycles. The summed E-state index contributed by atoms with van der Waals surface area (Å²) in [5.41, 5.74) is 1.85. The van der Waals surface area contributed by atoms with Gasteiger partial charge in [-0.1, -0.05) is 30.3 Å². The van der Waals surface area contributed by atoms with E-state index in [1.165, 1.54) is 0 Å². The number of rotatable bonds is 5. The minimum absolute atomic E-state index is 0.197. The van der Waals surface area contributed by atoms with Gasteiger partial charge in [-0.3, -0.25) is 0 Å². The van der Waals surface area contributed by atoms with Gasteiger partial charge in [-0.25, -0.2) is 13.6 Å². The van der Waals surface area contributed by atoms with E-state index in [9.17, 15) is 13.6 Å². The first-order valence-corrected chi connectivity index (χ1v) is 7.79. The van der Waals surface area contributed by atoms with Gasteiger partial charge in [0, 0.05) is 24.5 Å². The van der Waals surface area contributed by atoms with Gasteiger partial charge in [0.2, 0.25) is 0 Å². The fourth-order valence-electron chi connectivity index (χ4n) is 2.47. The third-order valence-corrected chi connectivity index (χ3v) is 3.73. The molecule has 0 bridgehead atoms. The van der Waals surface area contributed by atoms with Gasteiger partial charge in [0.25, 0.3) is 0 Å². The lowest BCUT2D eigenvalue weighted by Crippen LogP contribution is -2.29. The van der Waals surface area contributed by atoms with Crippen LogP contribution in [0.15, 0.2) is 66.9 Å². The predicted octanol–water partition coefficient (Wildman–Crippen LogP) is 4.14. The fourth-order valence-corrected chi connectivity index (χ4v) is 2.47. The number of halogens is 2. The zero-order valence-corrected chi connectivity index (χ0v) is 13.4. The van der Waals surface area contributed by atoms with Crippen molar-refractivity contribution in [3.8, 4) is 0 Å². The molecule has 6 heteroatoms. The zero-order chi connectivity index (χ0) is 17.6. The number of nitrogens with zero attached hydrogens (tertiary/aromatic N) is 1. The molecule has 0 aliphatic rings. The maximum Gasteiger partial charge on any atom is 0.319 e. The minimum atomic E-state index is -0.691. The summed E-state index contributed by atoms with van der Waals surface area (Å²) in [6.45, 7) is 0.952. The number of anilines is 1. The Morgan fingerprint density at radius 1 is 1.00 bits per heavy atom. The van der Waals surface area contributed by atoms with Gasteiger partial charge in [-0.15, -0.1) is 0 Å². The van der Waals surface area contributed by atoms with Gasteiger partial charge in [-0.2, -0.15) is 0 Å². The SMILES string of the molecule is O=C(NCc1cccn1Cc1ccccc1)Nc1cc(F)ccc1F. The Balaban J connectivity index is 1.59. The van der Waals surface area contributed by atoms with Crippen LogP contribution in [0.4, 0.5) is 19.3 Å². The largest absolute Gasteiger partial charge is 0.345 e. The van der Waals surface area contributed by atoms with Crippen LogP contribution in [0.1, 0.15) is 11.3 Å². The summed E-state index contributed by atoms with van der Waals surface area (Å²) >= 11 is 0. The van der Waals surface area contributed by atoms with Crippen molar-refractivity contribution in [3.63, 3.8) is 0 Å². The highest BCUT2D eigenvalue weighted by atomic mass is 19.1. The maximum absolute atomic E-state index is 13.5. The number of hydrogen-bond donors (Lipinski definition) is 2. The third-order valence-electron chi connectivity index (χ3n) is 3.73. The normalized spacial score (nSPS) is 10.5. The number of benzene rings is 2. The summed E-state index contributed by atoms with van der Waals surface area (Å²) in [5, 5.41) is 4.95. The third kappa shape index (κ3) is 4.44. The molecular weight excluding hydrogens is 324 g/mol. The molecule has 25 heavy (non-hydrogen) atoms. The van der Waals surface area contributed by atoms with Crippen molar-refractivity contribution in [2.75, 3.05) is 5.32 Å². The molecule has 0 radical (unpaired) electrons. The maximum atomic E-state index is 13.5. The Morgan fingerprint density at radius 3 is 2.60 bits per heavy atom. The second-order valence-electron chi connectivity index (χ2n) is 5.54. The number of hydrogen-bond acceptors (Lipinski definition) is 1. The van der Waals surface area contributed by atoms with Gasteiger partial charge < -0.3 is 15.2 Å². The summed E-state index contributed by atoms with van der Waals surface area (Å²) < 4.78 is 28.7. The van der Waals surface area contributed by atoms with Gasteiger partial charge in [0.1, 0.15) is 11.6 Å². The second-order valence-corrected chi connectivity index (χ2v) is 5.54. The molecule has 0 atom stereocenters. The summed E-state index contributed by atoms with van der Waals surface area (Å²) in [6.07, 6.45) is 1.92. The van der Waals surface area contributed by atoms with Crippen LogP contribution < -0.4 is 10.6 Å². The molecule has 0 saturated heterocycles. The van der Waals surface area contributed by atoms with Crippen molar-refractivity contribution in [3.05, 3.63) is 89.8 Å². The van der Waals surface area contributed by atoms with Crippen LogP contribution in [0.2, 0.25) is 0 Å². The minimum Gasteiger partial charge on any atom is -0.345 e. The topological polar surface area (TPSA) is 46.1 Å². The number of amides is 2. The summed E-state index contributed by atoms with van der Waals surface area (Å²) in [4.78, 5) is 11.9. The highest BCUT2D eigenvalue weighted by Gasteiger charge is 2.09. The van der Waals surface area contributed by atoms with Gasteiger partial charge in [-0.05, 0) is 29.8 Å². The van der Waals surface area contributed by atoms with Crippen LogP contribution in [0.5, 0.6) is 0 Å². The lowest BCUT2D eigenvalue weighted by Gasteiger charge is -2.12. The molecule has 0 saturated carbocycles. The smallest absolute Gasteiger partial charge is 0.319 e. The Bertz CT molecular complexity index is 862. The van der Waals surface area contributed by atoms with Crippen molar-refractivity contribution in [2.45, 2.75) is 13.1 Å². The molecule has 0 aliphatic heterocycles. The molecule has 0 unspecified atom stereocenters. The number of carbonyl (C=O) groups excluding carboxylic acids is 1. The van der Waals surface area contributed by atoms with E-state index in [0.29, 0.717) is 6.54 Å². The molecular formula is C19H17F2N3O. The molecule has 3 rings (SSSR count). The molecule has 4 nitrogen and oxygen atoms in total. The van der Waals surface area contributed by atoms with E-state index in [4.69, 9.17) is 0 Å². The first-order valence-electron chi connectivity index (χ1n) is 7.79. The summed E-state index contributed by atoms with van der Waals surface area (Å²) in [7, 11) is 0. The first kappa shape index (κ1) is 16.7. The summed E-state index contributed by atoms with van der Waals surface area (Å²) in [5.74, 6) is -1.31. The quantitative estimate of drug-likeness (QED) is 0.720. The van der Waals surface area contributed by atoms with E-state index in [0.717, 1.165) is 29.5 Å². The molecule has 1 heterocycles.